The Balaban J connectivity index is 1.42. The van der Waals surface area contributed by atoms with Gasteiger partial charge in [-0.2, -0.15) is 13.2 Å². The van der Waals surface area contributed by atoms with Crippen LogP contribution in [-0.2, 0) is 17.4 Å². The van der Waals surface area contributed by atoms with E-state index in [-0.39, 0.29) is 12.3 Å². The van der Waals surface area contributed by atoms with Gasteiger partial charge in [0.05, 0.1) is 17.7 Å². The molecule has 0 spiro atoms. The Hall–Kier alpha value is -3.61. The molecule has 0 saturated heterocycles. The van der Waals surface area contributed by atoms with Gasteiger partial charge in [-0.25, -0.2) is 4.98 Å². The second-order valence-corrected chi connectivity index (χ2v) is 7.09. The SMILES string of the molecule is Cc1ccn2cc(-c3ccc(NC(=O)Cc4ccc(C(F)(F)F)cc4)cc3)nc2c1. The average molecular weight is 409 g/mol. The first-order chi connectivity index (χ1) is 14.3. The number of aromatic nitrogens is 2. The molecule has 4 aromatic rings. The summed E-state index contributed by atoms with van der Waals surface area (Å²) < 4.78 is 39.8. The summed E-state index contributed by atoms with van der Waals surface area (Å²) in [5.41, 5.74) is 4.11. The van der Waals surface area contributed by atoms with Crippen LogP contribution in [0.1, 0.15) is 16.7 Å². The van der Waals surface area contributed by atoms with Crippen LogP contribution in [0.15, 0.2) is 73.1 Å². The van der Waals surface area contributed by atoms with E-state index in [1.807, 2.05) is 48.0 Å². The topological polar surface area (TPSA) is 46.4 Å². The molecule has 0 radical (unpaired) electrons. The van der Waals surface area contributed by atoms with Crippen molar-refractivity contribution in [1.82, 2.24) is 9.38 Å². The average Bonchev–Trinajstić information content (AvgIpc) is 3.11. The van der Waals surface area contributed by atoms with Crippen molar-refractivity contribution < 1.29 is 18.0 Å². The minimum absolute atomic E-state index is 0.00826. The number of hydrogen-bond donors (Lipinski definition) is 1. The van der Waals surface area contributed by atoms with E-state index in [2.05, 4.69) is 10.3 Å². The molecule has 1 amide bonds. The van der Waals surface area contributed by atoms with Gasteiger partial charge in [-0.05, 0) is 54.4 Å². The molecule has 0 saturated carbocycles. The van der Waals surface area contributed by atoms with Crippen molar-refractivity contribution in [3.05, 3.63) is 89.7 Å². The minimum Gasteiger partial charge on any atom is -0.326 e. The molecular formula is C23H18F3N3O. The van der Waals surface area contributed by atoms with Crippen molar-refractivity contribution in [3.63, 3.8) is 0 Å². The predicted octanol–water partition coefficient (Wildman–Crippen LogP) is 5.51. The van der Waals surface area contributed by atoms with E-state index in [0.29, 0.717) is 11.3 Å². The molecule has 4 nitrogen and oxygen atoms in total. The fraction of sp³-hybridized carbons (Fsp3) is 0.130. The molecule has 0 atom stereocenters. The van der Waals surface area contributed by atoms with Crippen molar-refractivity contribution >= 4 is 17.2 Å². The van der Waals surface area contributed by atoms with Crippen molar-refractivity contribution in [2.45, 2.75) is 19.5 Å². The molecule has 152 valence electrons. The van der Waals surface area contributed by atoms with Gasteiger partial charge in [-0.3, -0.25) is 4.79 Å². The highest BCUT2D eigenvalue weighted by Crippen LogP contribution is 2.29. The fourth-order valence-electron chi connectivity index (χ4n) is 3.15. The number of benzene rings is 2. The maximum absolute atomic E-state index is 12.6. The molecule has 2 aromatic heterocycles. The van der Waals surface area contributed by atoms with Gasteiger partial charge in [0.25, 0.3) is 0 Å². The van der Waals surface area contributed by atoms with Crippen LogP contribution < -0.4 is 5.32 Å². The summed E-state index contributed by atoms with van der Waals surface area (Å²) in [6.07, 6.45) is -0.502. The first kappa shape index (κ1) is 19.7. The van der Waals surface area contributed by atoms with Crippen LogP contribution in [0.4, 0.5) is 18.9 Å². The molecule has 4 rings (SSSR count). The molecule has 0 unspecified atom stereocenters. The normalized spacial score (nSPS) is 11.6. The van der Waals surface area contributed by atoms with Gasteiger partial charge in [0.2, 0.25) is 5.91 Å². The van der Waals surface area contributed by atoms with Crippen molar-refractivity contribution in [3.8, 4) is 11.3 Å². The standard InChI is InChI=1S/C23H18F3N3O/c1-15-10-11-29-14-20(28-21(29)12-15)17-4-8-19(9-5-17)27-22(30)13-16-2-6-18(7-3-16)23(24,25)26/h2-12,14H,13H2,1H3,(H,27,30). The van der Waals surface area contributed by atoms with Gasteiger partial charge >= 0.3 is 6.18 Å². The molecule has 7 heteroatoms. The summed E-state index contributed by atoms with van der Waals surface area (Å²) in [6, 6.07) is 15.9. The Morgan fingerprint density at radius 2 is 1.73 bits per heavy atom. The first-order valence-electron chi connectivity index (χ1n) is 9.30. The van der Waals surface area contributed by atoms with Crippen LogP contribution in [0.2, 0.25) is 0 Å². The van der Waals surface area contributed by atoms with Crippen LogP contribution in [-0.4, -0.2) is 15.3 Å². The van der Waals surface area contributed by atoms with Crippen molar-refractivity contribution in [2.24, 2.45) is 0 Å². The smallest absolute Gasteiger partial charge is 0.326 e. The summed E-state index contributed by atoms with van der Waals surface area (Å²) in [5, 5.41) is 2.76. The molecule has 1 N–H and O–H groups in total. The molecule has 0 fully saturated rings. The van der Waals surface area contributed by atoms with Crippen LogP contribution in [0.25, 0.3) is 16.9 Å². The van der Waals surface area contributed by atoms with Gasteiger partial charge in [0.1, 0.15) is 5.65 Å². The van der Waals surface area contributed by atoms with E-state index in [1.54, 1.807) is 12.1 Å². The minimum atomic E-state index is -4.39. The first-order valence-corrected chi connectivity index (χ1v) is 9.30. The lowest BCUT2D eigenvalue weighted by Gasteiger charge is -2.08. The lowest BCUT2D eigenvalue weighted by molar-refractivity contribution is -0.137. The summed E-state index contributed by atoms with van der Waals surface area (Å²) in [7, 11) is 0. The number of pyridine rings is 1. The van der Waals surface area contributed by atoms with Gasteiger partial charge in [-0.15, -0.1) is 0 Å². The molecule has 0 aliphatic carbocycles. The second kappa shape index (κ2) is 7.67. The number of nitrogens with zero attached hydrogens (tertiary/aromatic N) is 2. The van der Waals surface area contributed by atoms with Crippen LogP contribution in [0.5, 0.6) is 0 Å². The zero-order valence-corrected chi connectivity index (χ0v) is 16.1. The number of carbonyl (C=O) groups is 1. The third-order valence-corrected chi connectivity index (χ3v) is 4.73. The number of amides is 1. The monoisotopic (exact) mass is 409 g/mol. The summed E-state index contributed by atoms with van der Waals surface area (Å²) in [6.45, 7) is 2.01. The fourth-order valence-corrected chi connectivity index (χ4v) is 3.15. The number of rotatable bonds is 4. The lowest BCUT2D eigenvalue weighted by Crippen LogP contribution is -2.14. The highest BCUT2D eigenvalue weighted by atomic mass is 19.4. The third-order valence-electron chi connectivity index (χ3n) is 4.73. The van der Waals surface area contributed by atoms with Crippen molar-refractivity contribution in [2.75, 3.05) is 5.32 Å². The third kappa shape index (κ3) is 4.35. The molecule has 0 aliphatic rings. The maximum atomic E-state index is 12.6. The predicted molar refractivity (Wildman–Crippen MR) is 109 cm³/mol. The molecule has 2 heterocycles. The zero-order valence-electron chi connectivity index (χ0n) is 16.1. The number of alkyl halides is 3. The summed E-state index contributed by atoms with van der Waals surface area (Å²) >= 11 is 0. The zero-order chi connectivity index (χ0) is 21.3. The molecular weight excluding hydrogens is 391 g/mol. The van der Waals surface area contributed by atoms with Gasteiger partial charge in [0, 0.05) is 23.6 Å². The molecule has 2 aromatic carbocycles. The van der Waals surface area contributed by atoms with E-state index in [4.69, 9.17) is 0 Å². The van der Waals surface area contributed by atoms with E-state index < -0.39 is 11.7 Å². The quantitative estimate of drug-likeness (QED) is 0.483. The van der Waals surface area contributed by atoms with Gasteiger partial charge in [-0.1, -0.05) is 24.3 Å². The Kier molecular flexibility index (Phi) is 5.03. The Morgan fingerprint density at radius 1 is 1.03 bits per heavy atom. The summed E-state index contributed by atoms with van der Waals surface area (Å²) in [4.78, 5) is 16.8. The maximum Gasteiger partial charge on any atom is 0.416 e. The van der Waals surface area contributed by atoms with Crippen molar-refractivity contribution in [1.29, 1.82) is 0 Å². The largest absolute Gasteiger partial charge is 0.416 e. The number of hydrogen-bond acceptors (Lipinski definition) is 2. The van der Waals surface area contributed by atoms with E-state index in [9.17, 15) is 18.0 Å². The molecule has 30 heavy (non-hydrogen) atoms. The number of anilines is 1. The van der Waals surface area contributed by atoms with Crippen LogP contribution in [0.3, 0.4) is 0 Å². The number of nitrogens with one attached hydrogen (secondary N) is 1. The van der Waals surface area contributed by atoms with E-state index in [0.717, 1.165) is 34.6 Å². The Morgan fingerprint density at radius 3 is 2.40 bits per heavy atom. The number of carbonyl (C=O) groups excluding carboxylic acids is 1. The highest BCUT2D eigenvalue weighted by molar-refractivity contribution is 5.92. The number of fused-ring (bicyclic) bond motifs is 1. The van der Waals surface area contributed by atoms with E-state index in [1.165, 1.54) is 12.1 Å². The highest BCUT2D eigenvalue weighted by Gasteiger charge is 2.29. The van der Waals surface area contributed by atoms with Crippen LogP contribution >= 0.6 is 0 Å². The van der Waals surface area contributed by atoms with Gasteiger partial charge in [0.15, 0.2) is 0 Å². The Bertz CT molecular complexity index is 1190. The molecule has 0 aliphatic heterocycles. The van der Waals surface area contributed by atoms with Gasteiger partial charge < -0.3 is 9.72 Å². The Labute approximate surface area is 171 Å². The second-order valence-electron chi connectivity index (χ2n) is 7.09. The number of imidazole rings is 1. The molecule has 0 bridgehead atoms. The number of halogens is 3. The van der Waals surface area contributed by atoms with Crippen LogP contribution in [0, 0.1) is 6.92 Å². The van der Waals surface area contributed by atoms with E-state index >= 15 is 0 Å². The number of aryl methyl sites for hydroxylation is 1. The summed E-state index contributed by atoms with van der Waals surface area (Å²) in [5.74, 6) is -0.300. The lowest BCUT2D eigenvalue weighted by atomic mass is 10.1.